The Bertz CT molecular complexity index is 1280. The second-order valence-electron chi connectivity index (χ2n) is 6.28. The molecule has 9 nitrogen and oxygen atoms in total. The molecule has 140 valence electrons. The molecule has 0 fully saturated rings. The predicted molar refractivity (Wildman–Crippen MR) is 107 cm³/mol. The first kappa shape index (κ1) is 16.9. The lowest BCUT2D eigenvalue weighted by atomic mass is 10.2. The summed E-state index contributed by atoms with van der Waals surface area (Å²) in [6, 6.07) is 15.3. The summed E-state index contributed by atoms with van der Waals surface area (Å²) in [6.45, 7) is 1.91. The topological polar surface area (TPSA) is 107 Å². The molecule has 0 spiro atoms. The Kier molecular flexibility index (Phi) is 4.10. The zero-order valence-electron chi connectivity index (χ0n) is 15.4. The summed E-state index contributed by atoms with van der Waals surface area (Å²) in [7, 11) is 0. The second kappa shape index (κ2) is 7.04. The average Bonchev–Trinajstić information content (AvgIpc) is 3.21. The van der Waals surface area contributed by atoms with Gasteiger partial charge in [0.15, 0.2) is 5.82 Å². The number of hydrogen-bond donors (Lipinski definition) is 1. The SMILES string of the molecule is Cc1c(-c2ccnc(Nc3ccccc3)n2)nnc2nc(-c3cccnc3)nn12. The summed E-state index contributed by atoms with van der Waals surface area (Å²) in [6.07, 6.45) is 5.10. The van der Waals surface area contributed by atoms with Crippen LogP contribution >= 0.6 is 0 Å². The van der Waals surface area contributed by atoms with E-state index < -0.39 is 0 Å². The second-order valence-corrected chi connectivity index (χ2v) is 6.28. The predicted octanol–water partition coefficient (Wildman–Crippen LogP) is 3.09. The first-order valence-electron chi connectivity index (χ1n) is 8.94. The molecule has 0 bridgehead atoms. The van der Waals surface area contributed by atoms with Gasteiger partial charge in [0.25, 0.3) is 5.78 Å². The third-order valence-electron chi connectivity index (χ3n) is 4.34. The molecule has 9 heteroatoms. The fourth-order valence-corrected chi connectivity index (χ4v) is 2.92. The van der Waals surface area contributed by atoms with Crippen LogP contribution in [0.25, 0.3) is 28.6 Å². The molecule has 0 aliphatic rings. The van der Waals surface area contributed by atoms with E-state index in [0.29, 0.717) is 28.9 Å². The molecule has 0 unspecified atom stereocenters. The maximum atomic E-state index is 4.57. The molecular weight excluding hydrogens is 366 g/mol. The normalized spacial score (nSPS) is 10.9. The standard InChI is InChI=1S/C20H15N9/c1-13-17(16-9-11-22-19(24-16)23-15-7-3-2-4-8-15)26-27-20-25-18(28-29(13)20)14-6-5-10-21-12-14/h2-12H,1H3,(H,22,23,24). The van der Waals surface area contributed by atoms with Gasteiger partial charge in [0, 0.05) is 29.8 Å². The van der Waals surface area contributed by atoms with E-state index in [-0.39, 0.29) is 0 Å². The minimum absolute atomic E-state index is 0.418. The number of rotatable bonds is 4. The third kappa shape index (κ3) is 3.25. The molecule has 1 aromatic carbocycles. The number of aromatic nitrogens is 8. The van der Waals surface area contributed by atoms with E-state index in [1.807, 2.05) is 49.4 Å². The highest BCUT2D eigenvalue weighted by Crippen LogP contribution is 2.22. The van der Waals surface area contributed by atoms with Gasteiger partial charge in [-0.05, 0) is 37.3 Å². The van der Waals surface area contributed by atoms with E-state index in [2.05, 4.69) is 40.5 Å². The van der Waals surface area contributed by atoms with Crippen LogP contribution in [0.4, 0.5) is 11.6 Å². The number of fused-ring (bicyclic) bond motifs is 1. The van der Waals surface area contributed by atoms with Gasteiger partial charge in [-0.3, -0.25) is 4.98 Å². The van der Waals surface area contributed by atoms with Crippen molar-refractivity contribution in [2.45, 2.75) is 6.92 Å². The molecule has 0 saturated heterocycles. The number of benzene rings is 1. The van der Waals surface area contributed by atoms with Gasteiger partial charge in [0.2, 0.25) is 5.95 Å². The van der Waals surface area contributed by atoms with Crippen molar-refractivity contribution in [3.63, 3.8) is 0 Å². The number of nitrogens with one attached hydrogen (secondary N) is 1. The molecule has 4 aromatic heterocycles. The van der Waals surface area contributed by atoms with Crippen LogP contribution in [0.3, 0.4) is 0 Å². The number of anilines is 2. The lowest BCUT2D eigenvalue weighted by Crippen LogP contribution is -2.05. The molecule has 5 aromatic rings. The van der Waals surface area contributed by atoms with Crippen LogP contribution in [0.2, 0.25) is 0 Å². The van der Waals surface area contributed by atoms with Crippen molar-refractivity contribution in [3.05, 3.63) is 72.8 Å². The van der Waals surface area contributed by atoms with Gasteiger partial charge in [-0.25, -0.2) is 9.97 Å². The van der Waals surface area contributed by atoms with Crippen molar-refractivity contribution in [1.29, 1.82) is 0 Å². The number of pyridine rings is 1. The fourth-order valence-electron chi connectivity index (χ4n) is 2.92. The first-order chi connectivity index (χ1) is 14.3. The Balaban J connectivity index is 1.53. The molecule has 0 aliphatic heterocycles. The van der Waals surface area contributed by atoms with E-state index in [0.717, 1.165) is 16.9 Å². The highest BCUT2D eigenvalue weighted by Gasteiger charge is 2.15. The lowest BCUT2D eigenvalue weighted by molar-refractivity contribution is 0.851. The van der Waals surface area contributed by atoms with E-state index >= 15 is 0 Å². The van der Waals surface area contributed by atoms with Crippen LogP contribution in [0.5, 0.6) is 0 Å². The fraction of sp³-hybridized carbons (Fsp3) is 0.0500. The summed E-state index contributed by atoms with van der Waals surface area (Å²) in [5.74, 6) is 1.44. The maximum absolute atomic E-state index is 4.57. The van der Waals surface area contributed by atoms with Crippen LogP contribution in [0.15, 0.2) is 67.1 Å². The Hall–Kier alpha value is -4.27. The van der Waals surface area contributed by atoms with Crippen molar-refractivity contribution < 1.29 is 0 Å². The third-order valence-corrected chi connectivity index (χ3v) is 4.34. The van der Waals surface area contributed by atoms with Gasteiger partial charge in [0.1, 0.15) is 5.69 Å². The van der Waals surface area contributed by atoms with E-state index in [9.17, 15) is 0 Å². The van der Waals surface area contributed by atoms with Gasteiger partial charge >= 0.3 is 0 Å². The number of para-hydroxylation sites is 1. The maximum Gasteiger partial charge on any atom is 0.272 e. The van der Waals surface area contributed by atoms with Crippen LogP contribution in [0.1, 0.15) is 5.69 Å². The molecule has 0 radical (unpaired) electrons. The summed E-state index contributed by atoms with van der Waals surface area (Å²) in [4.78, 5) is 17.4. The highest BCUT2D eigenvalue weighted by molar-refractivity contribution is 5.62. The number of nitrogens with zero attached hydrogens (tertiary/aromatic N) is 8. The zero-order chi connectivity index (χ0) is 19.6. The molecule has 4 heterocycles. The average molecular weight is 381 g/mol. The van der Waals surface area contributed by atoms with E-state index in [1.54, 1.807) is 29.2 Å². The molecule has 0 amide bonds. The minimum Gasteiger partial charge on any atom is -0.324 e. The van der Waals surface area contributed by atoms with Crippen LogP contribution < -0.4 is 5.32 Å². The Morgan fingerprint density at radius 1 is 0.897 bits per heavy atom. The Labute approximate surface area is 165 Å². The van der Waals surface area contributed by atoms with Crippen molar-refractivity contribution in [2.24, 2.45) is 0 Å². The zero-order valence-corrected chi connectivity index (χ0v) is 15.4. The molecule has 5 rings (SSSR count). The first-order valence-corrected chi connectivity index (χ1v) is 8.94. The van der Waals surface area contributed by atoms with Gasteiger partial charge in [-0.2, -0.15) is 9.50 Å². The quantitative estimate of drug-likeness (QED) is 0.506. The van der Waals surface area contributed by atoms with Gasteiger partial charge in [-0.1, -0.05) is 18.2 Å². The van der Waals surface area contributed by atoms with Crippen molar-refractivity contribution in [2.75, 3.05) is 5.32 Å². The molecule has 0 atom stereocenters. The van der Waals surface area contributed by atoms with Gasteiger partial charge < -0.3 is 5.32 Å². The Morgan fingerprint density at radius 2 is 1.79 bits per heavy atom. The number of aryl methyl sites for hydroxylation is 1. The summed E-state index contributed by atoms with van der Waals surface area (Å²) in [5, 5.41) is 16.3. The van der Waals surface area contributed by atoms with Crippen molar-refractivity contribution >= 4 is 17.4 Å². The van der Waals surface area contributed by atoms with Crippen molar-refractivity contribution in [1.82, 2.24) is 39.7 Å². The monoisotopic (exact) mass is 381 g/mol. The van der Waals surface area contributed by atoms with Gasteiger partial charge in [0.05, 0.1) is 11.4 Å². The minimum atomic E-state index is 0.418. The highest BCUT2D eigenvalue weighted by atomic mass is 15.4. The van der Waals surface area contributed by atoms with Crippen LogP contribution in [0, 0.1) is 6.92 Å². The summed E-state index contributed by atoms with van der Waals surface area (Å²) in [5.41, 5.74) is 3.75. The smallest absolute Gasteiger partial charge is 0.272 e. The van der Waals surface area contributed by atoms with Gasteiger partial charge in [-0.15, -0.1) is 15.3 Å². The van der Waals surface area contributed by atoms with E-state index in [4.69, 9.17) is 0 Å². The number of hydrogen-bond acceptors (Lipinski definition) is 8. The van der Waals surface area contributed by atoms with Crippen molar-refractivity contribution in [3.8, 4) is 22.8 Å². The largest absolute Gasteiger partial charge is 0.324 e. The van der Waals surface area contributed by atoms with Crippen LogP contribution in [-0.2, 0) is 0 Å². The molecule has 0 aliphatic carbocycles. The molecule has 0 saturated carbocycles. The lowest BCUT2D eigenvalue weighted by Gasteiger charge is -2.07. The van der Waals surface area contributed by atoms with E-state index in [1.165, 1.54) is 0 Å². The molecule has 29 heavy (non-hydrogen) atoms. The van der Waals surface area contributed by atoms with Crippen LogP contribution in [-0.4, -0.2) is 39.7 Å². The Morgan fingerprint density at radius 3 is 2.62 bits per heavy atom. The summed E-state index contributed by atoms with van der Waals surface area (Å²) < 4.78 is 1.66. The molecular formula is C20H15N9. The summed E-state index contributed by atoms with van der Waals surface area (Å²) >= 11 is 0. The molecule has 1 N–H and O–H groups in total.